The van der Waals surface area contributed by atoms with Crippen LogP contribution in [-0.2, 0) is 17.8 Å². The largest absolute Gasteiger partial charge is 0.376 e. The van der Waals surface area contributed by atoms with Gasteiger partial charge in [-0.05, 0) is 31.4 Å². The van der Waals surface area contributed by atoms with Gasteiger partial charge in [0, 0.05) is 25.0 Å². The molecule has 0 bridgehead atoms. The Morgan fingerprint density at radius 2 is 2.16 bits per heavy atom. The first-order valence-electron chi connectivity index (χ1n) is 9.45. The maximum atomic E-state index is 6.28. The number of fused-ring (bicyclic) bond motifs is 1. The third-order valence-corrected chi connectivity index (χ3v) is 5.40. The van der Waals surface area contributed by atoms with E-state index in [-0.39, 0.29) is 0 Å². The number of hydrogen-bond acceptors (Lipinski definition) is 4. The number of rotatable bonds is 5. The van der Waals surface area contributed by atoms with Crippen molar-refractivity contribution in [1.82, 2.24) is 15.3 Å². The van der Waals surface area contributed by atoms with Crippen LogP contribution in [0.3, 0.4) is 0 Å². The molecule has 1 saturated carbocycles. The highest BCUT2D eigenvalue weighted by Gasteiger charge is 2.26. The maximum Gasteiger partial charge on any atom is 0.0922 e. The molecule has 1 aromatic heterocycles. The molecule has 134 valence electrons. The number of aryl methyl sites for hydroxylation is 1. The summed E-state index contributed by atoms with van der Waals surface area (Å²) in [6, 6.07) is 7.09. The van der Waals surface area contributed by atoms with Crippen LogP contribution in [0, 0.1) is 6.92 Å². The second-order valence-electron chi connectivity index (χ2n) is 7.36. The average Bonchev–Trinajstić information content (AvgIpc) is 3.27. The summed E-state index contributed by atoms with van der Waals surface area (Å²) in [5, 5.41) is 3.62. The first-order valence-corrected chi connectivity index (χ1v) is 9.45. The smallest absolute Gasteiger partial charge is 0.0922 e. The average molecular weight is 340 g/mol. The molecule has 1 fully saturated rings. The van der Waals surface area contributed by atoms with Gasteiger partial charge in [0.25, 0.3) is 0 Å². The van der Waals surface area contributed by atoms with Crippen molar-refractivity contribution >= 4 is 5.69 Å². The normalized spacial score (nSPS) is 21.3. The minimum absolute atomic E-state index is 0.327. The van der Waals surface area contributed by atoms with Gasteiger partial charge in [0.05, 0.1) is 37.3 Å². The number of hydrogen-bond donors (Lipinski definition) is 2. The fraction of sp³-hybridized carbons (Fsp3) is 0.550. The van der Waals surface area contributed by atoms with Gasteiger partial charge in [-0.25, -0.2) is 4.98 Å². The Kier molecular flexibility index (Phi) is 5.04. The lowest BCUT2D eigenvalue weighted by Gasteiger charge is -2.33. The highest BCUT2D eigenvalue weighted by Crippen LogP contribution is 2.29. The summed E-state index contributed by atoms with van der Waals surface area (Å²) in [4.78, 5) is 9.92. The summed E-state index contributed by atoms with van der Waals surface area (Å²) in [6.07, 6.45) is 9.19. The van der Waals surface area contributed by atoms with E-state index in [1.807, 2.05) is 6.20 Å². The summed E-state index contributed by atoms with van der Waals surface area (Å²) in [7, 11) is 0. The Balaban J connectivity index is 1.57. The molecule has 1 aliphatic carbocycles. The Labute approximate surface area is 149 Å². The fourth-order valence-electron chi connectivity index (χ4n) is 4.04. The summed E-state index contributed by atoms with van der Waals surface area (Å²) in [5.41, 5.74) is 5.12. The molecule has 1 aromatic carbocycles. The maximum absolute atomic E-state index is 6.28. The predicted octanol–water partition coefficient (Wildman–Crippen LogP) is 3.16. The lowest BCUT2D eigenvalue weighted by atomic mass is 10.1. The van der Waals surface area contributed by atoms with Crippen LogP contribution in [0.1, 0.15) is 42.5 Å². The van der Waals surface area contributed by atoms with Crippen LogP contribution in [0.15, 0.2) is 30.7 Å². The quantitative estimate of drug-likeness (QED) is 0.878. The number of aromatic amines is 1. The van der Waals surface area contributed by atoms with E-state index in [1.54, 1.807) is 6.33 Å². The Morgan fingerprint density at radius 3 is 2.96 bits per heavy atom. The molecule has 0 spiro atoms. The van der Waals surface area contributed by atoms with Crippen molar-refractivity contribution in [3.05, 3.63) is 47.5 Å². The number of aromatic nitrogens is 2. The van der Waals surface area contributed by atoms with E-state index < -0.39 is 0 Å². The van der Waals surface area contributed by atoms with Gasteiger partial charge in [0.1, 0.15) is 0 Å². The predicted molar refractivity (Wildman–Crippen MR) is 99.7 cm³/mol. The van der Waals surface area contributed by atoms with Gasteiger partial charge in [0.2, 0.25) is 0 Å². The standard InChI is InChI=1S/C20H28N4O/c1-15-6-7-20-16(8-15)9-21-11-18(13-25-19-4-2-3-5-19)24(20)12-17-10-22-14-23-17/h6-8,10,14,18-19,21H,2-5,9,11-13H2,1H3,(H,22,23). The minimum Gasteiger partial charge on any atom is -0.376 e. The zero-order chi connectivity index (χ0) is 17.1. The van der Waals surface area contributed by atoms with Crippen LogP contribution >= 0.6 is 0 Å². The van der Waals surface area contributed by atoms with E-state index in [1.165, 1.54) is 42.5 Å². The molecule has 5 heteroatoms. The molecule has 1 unspecified atom stereocenters. The Bertz CT molecular complexity index is 679. The zero-order valence-corrected chi connectivity index (χ0v) is 15.0. The van der Waals surface area contributed by atoms with Crippen LogP contribution in [0.2, 0.25) is 0 Å². The number of benzene rings is 1. The van der Waals surface area contributed by atoms with Crippen LogP contribution < -0.4 is 10.2 Å². The summed E-state index contributed by atoms with van der Waals surface area (Å²) in [5.74, 6) is 0. The molecule has 2 aliphatic rings. The van der Waals surface area contributed by atoms with Crippen LogP contribution in [0.5, 0.6) is 0 Å². The first kappa shape index (κ1) is 16.6. The van der Waals surface area contributed by atoms with E-state index in [0.717, 1.165) is 31.9 Å². The molecule has 2 N–H and O–H groups in total. The van der Waals surface area contributed by atoms with E-state index in [9.17, 15) is 0 Å². The second-order valence-corrected chi connectivity index (χ2v) is 7.36. The molecule has 1 atom stereocenters. The minimum atomic E-state index is 0.327. The summed E-state index contributed by atoms with van der Waals surface area (Å²) in [6.45, 7) is 5.62. The van der Waals surface area contributed by atoms with Crippen LogP contribution in [-0.4, -0.2) is 35.3 Å². The Morgan fingerprint density at radius 1 is 1.28 bits per heavy atom. The zero-order valence-electron chi connectivity index (χ0n) is 15.0. The molecule has 0 radical (unpaired) electrons. The highest BCUT2D eigenvalue weighted by molar-refractivity contribution is 5.56. The van der Waals surface area contributed by atoms with Gasteiger partial charge in [-0.3, -0.25) is 0 Å². The number of anilines is 1. The fourth-order valence-corrected chi connectivity index (χ4v) is 4.04. The van der Waals surface area contributed by atoms with Crippen molar-refractivity contribution in [1.29, 1.82) is 0 Å². The molecule has 25 heavy (non-hydrogen) atoms. The molecule has 2 heterocycles. The van der Waals surface area contributed by atoms with Crippen molar-refractivity contribution < 1.29 is 4.74 Å². The van der Waals surface area contributed by atoms with E-state index in [4.69, 9.17) is 4.74 Å². The number of H-pyrrole nitrogens is 1. The SMILES string of the molecule is Cc1ccc2c(c1)CNCC(COC1CCCC1)N2Cc1cnc[nH]1. The lowest BCUT2D eigenvalue weighted by Crippen LogP contribution is -2.44. The van der Waals surface area contributed by atoms with Crippen molar-refractivity contribution in [2.45, 2.75) is 57.8 Å². The van der Waals surface area contributed by atoms with Crippen molar-refractivity contribution in [2.75, 3.05) is 18.1 Å². The summed E-state index contributed by atoms with van der Waals surface area (Å²) >= 11 is 0. The summed E-state index contributed by atoms with van der Waals surface area (Å²) < 4.78 is 6.28. The lowest BCUT2D eigenvalue weighted by molar-refractivity contribution is 0.0476. The van der Waals surface area contributed by atoms with E-state index in [0.29, 0.717) is 12.1 Å². The Hall–Kier alpha value is -1.85. The van der Waals surface area contributed by atoms with E-state index >= 15 is 0 Å². The molecule has 4 rings (SSSR count). The monoisotopic (exact) mass is 340 g/mol. The third kappa shape index (κ3) is 3.88. The molecular formula is C20H28N4O. The molecule has 2 aromatic rings. The molecule has 0 amide bonds. The highest BCUT2D eigenvalue weighted by atomic mass is 16.5. The molecule has 5 nitrogen and oxygen atoms in total. The van der Waals surface area contributed by atoms with E-state index in [2.05, 4.69) is 45.3 Å². The van der Waals surface area contributed by atoms with Crippen molar-refractivity contribution in [2.24, 2.45) is 0 Å². The number of nitrogens with zero attached hydrogens (tertiary/aromatic N) is 2. The van der Waals surface area contributed by atoms with Gasteiger partial charge >= 0.3 is 0 Å². The molecule has 1 aliphatic heterocycles. The second kappa shape index (κ2) is 7.58. The van der Waals surface area contributed by atoms with Gasteiger partial charge in [-0.1, -0.05) is 30.5 Å². The van der Waals surface area contributed by atoms with Gasteiger partial charge in [0.15, 0.2) is 0 Å². The third-order valence-electron chi connectivity index (χ3n) is 5.40. The molecule has 0 saturated heterocycles. The van der Waals surface area contributed by atoms with Gasteiger partial charge in [-0.2, -0.15) is 0 Å². The van der Waals surface area contributed by atoms with Gasteiger partial charge < -0.3 is 19.9 Å². The number of nitrogens with one attached hydrogen (secondary N) is 2. The number of ether oxygens (including phenoxy) is 1. The topological polar surface area (TPSA) is 53.2 Å². The van der Waals surface area contributed by atoms with Crippen molar-refractivity contribution in [3.63, 3.8) is 0 Å². The molecular weight excluding hydrogens is 312 g/mol. The number of imidazole rings is 1. The van der Waals surface area contributed by atoms with Gasteiger partial charge in [-0.15, -0.1) is 0 Å². The van der Waals surface area contributed by atoms with Crippen molar-refractivity contribution in [3.8, 4) is 0 Å². The van der Waals surface area contributed by atoms with Crippen LogP contribution in [0.25, 0.3) is 0 Å². The first-order chi connectivity index (χ1) is 12.3. The van der Waals surface area contributed by atoms with Crippen LogP contribution in [0.4, 0.5) is 5.69 Å².